The Morgan fingerprint density at radius 2 is 0.765 bits per heavy atom. The molecule has 26 nitrogen and oxygen atoms in total. The second-order valence-corrected chi connectivity index (χ2v) is 26.3. The summed E-state index contributed by atoms with van der Waals surface area (Å²) in [5, 5.41) is 22.3. The van der Waals surface area contributed by atoms with Crippen molar-refractivity contribution in [3.63, 3.8) is 0 Å². The SMILES string of the molecule is CC(C)NS(=O)(=O)c1c2[nH]ccc2c(C(=O)Nc2ccc(F)c(F)c2)n1C.C[C@@H](N)C(F)(F)F.Cn1c(C(=O)Nc2ccc(F)c(F)c2)c2cc[nH]c2c1N.Cn1c(C(=O)Nc2ccc(F)c(F)c2)c2cc[nH]c2c1S(=O)(=O)Cl.Cn1c(C(=O)Nc2ccc(F)c(F)c2)c2cc[nH]c2c1[N+](=O)[O-]. The van der Waals surface area contributed by atoms with Crippen LogP contribution in [0.25, 0.3) is 43.6 Å². The zero-order valence-corrected chi connectivity index (χ0v) is 55.9. The van der Waals surface area contributed by atoms with Gasteiger partial charge in [0.15, 0.2) is 56.6 Å². The quantitative estimate of drug-likeness (QED) is 0.0222. The molecule has 0 bridgehead atoms. The van der Waals surface area contributed by atoms with Crippen molar-refractivity contribution < 1.29 is 89.2 Å². The van der Waals surface area contributed by atoms with E-state index >= 15 is 0 Å². The number of alkyl halides is 3. The van der Waals surface area contributed by atoms with E-state index in [1.807, 2.05) is 0 Å². The Hall–Kier alpha value is -11.4. The van der Waals surface area contributed by atoms with Gasteiger partial charge in [-0.05, 0) is 98.5 Å². The highest BCUT2D eigenvalue weighted by Crippen LogP contribution is 2.34. The van der Waals surface area contributed by atoms with E-state index in [1.165, 1.54) is 85.3 Å². The summed E-state index contributed by atoms with van der Waals surface area (Å²) in [5.41, 5.74) is 12.4. The van der Waals surface area contributed by atoms with Crippen LogP contribution < -0.4 is 37.5 Å². The number of nitrogens with zero attached hydrogens (tertiary/aromatic N) is 5. The number of nitrogen functional groups attached to an aromatic ring is 1. The molecule has 0 saturated heterocycles. The number of benzene rings is 4. The zero-order valence-electron chi connectivity index (χ0n) is 53.5. The Bertz CT molecular complexity index is 5480. The Labute approximate surface area is 572 Å². The summed E-state index contributed by atoms with van der Waals surface area (Å²) in [6.45, 7) is 4.27. The van der Waals surface area contributed by atoms with E-state index < -0.39 is 106 Å². The third-order valence-corrected chi connectivity index (χ3v) is 17.8. The number of hydrogen-bond acceptors (Lipinski definition) is 12. The molecule has 8 heterocycles. The summed E-state index contributed by atoms with van der Waals surface area (Å²) in [7, 11) is 3.27. The lowest BCUT2D eigenvalue weighted by molar-refractivity contribution is -0.390. The van der Waals surface area contributed by atoms with Crippen molar-refractivity contribution in [3.05, 3.63) is 201 Å². The number of aromatic amines is 4. The maximum atomic E-state index is 13.4. The summed E-state index contributed by atoms with van der Waals surface area (Å²) in [5.74, 6) is -10.7. The number of sulfonamides is 1. The van der Waals surface area contributed by atoms with E-state index in [2.05, 4.69) is 51.7 Å². The van der Waals surface area contributed by atoms with Gasteiger partial charge in [-0.25, -0.2) is 61.2 Å². The molecule has 0 aliphatic heterocycles. The van der Waals surface area contributed by atoms with Gasteiger partial charge < -0.3 is 76.5 Å². The molecule has 0 saturated carbocycles. The minimum absolute atomic E-state index is 0.00945. The van der Waals surface area contributed by atoms with Crippen LogP contribution in [0.3, 0.4) is 0 Å². The fourth-order valence-electron chi connectivity index (χ4n) is 10.2. The van der Waals surface area contributed by atoms with Crippen molar-refractivity contribution in [2.45, 2.75) is 49.1 Å². The number of carbonyl (C=O) groups excluding carboxylic acids is 4. The number of H-pyrrole nitrogens is 4. The third-order valence-electron chi connectivity index (χ3n) is 14.7. The molecule has 102 heavy (non-hydrogen) atoms. The Morgan fingerprint density at radius 1 is 0.480 bits per heavy atom. The molecule has 12 rings (SSSR count). The summed E-state index contributed by atoms with van der Waals surface area (Å²) < 4.78 is 194. The van der Waals surface area contributed by atoms with Crippen LogP contribution in [0.2, 0.25) is 0 Å². The molecule has 0 aliphatic carbocycles. The minimum atomic E-state index is -4.22. The van der Waals surface area contributed by atoms with Gasteiger partial charge in [-0.1, -0.05) is 0 Å². The average Bonchev–Trinajstić information content (AvgIpc) is 1.61. The van der Waals surface area contributed by atoms with Gasteiger partial charge in [-0.15, -0.1) is 0 Å². The smallest absolute Gasteiger partial charge is 0.383 e. The molecule has 540 valence electrons. The highest BCUT2D eigenvalue weighted by Gasteiger charge is 2.34. The molecule has 8 aromatic heterocycles. The van der Waals surface area contributed by atoms with Crippen molar-refractivity contribution in [2.24, 2.45) is 33.9 Å². The molecule has 0 fully saturated rings. The van der Waals surface area contributed by atoms with E-state index in [-0.39, 0.29) is 78.3 Å². The average molecular weight is 1490 g/mol. The van der Waals surface area contributed by atoms with Crippen LogP contribution >= 0.6 is 10.7 Å². The van der Waals surface area contributed by atoms with Crippen molar-refractivity contribution in [1.82, 2.24) is 42.9 Å². The highest BCUT2D eigenvalue weighted by molar-refractivity contribution is 8.13. The van der Waals surface area contributed by atoms with Gasteiger partial charge in [0.2, 0.25) is 5.69 Å². The molecule has 0 radical (unpaired) electrons. The number of anilines is 5. The fraction of sp³-hybridized carbons (Fsp3) is 0.161. The molecule has 0 spiro atoms. The number of aromatic nitrogens is 8. The topological polar surface area (TPSA) is 375 Å². The minimum Gasteiger partial charge on any atom is -0.383 e. The van der Waals surface area contributed by atoms with Crippen LogP contribution in [0, 0.1) is 56.7 Å². The molecule has 0 unspecified atom stereocenters. The van der Waals surface area contributed by atoms with Gasteiger partial charge in [0.05, 0.1) is 35.0 Å². The van der Waals surface area contributed by atoms with E-state index in [1.54, 1.807) is 39.2 Å². The number of halogens is 12. The first-order valence-corrected chi connectivity index (χ1v) is 32.8. The van der Waals surface area contributed by atoms with Gasteiger partial charge >= 0.3 is 12.0 Å². The zero-order chi connectivity index (χ0) is 75.5. The molecule has 0 aliphatic rings. The molecule has 4 amide bonds. The molecule has 12 aromatic rings. The molecule has 40 heteroatoms. The number of rotatable bonds is 13. The largest absolute Gasteiger partial charge is 0.403 e. The number of fused-ring (bicyclic) bond motifs is 4. The van der Waals surface area contributed by atoms with Gasteiger partial charge in [0.25, 0.3) is 42.7 Å². The number of nitro groups is 1. The Morgan fingerprint density at radius 3 is 1.08 bits per heavy atom. The summed E-state index contributed by atoms with van der Waals surface area (Å²) >= 11 is 0. The van der Waals surface area contributed by atoms with E-state index in [0.29, 0.717) is 38.6 Å². The normalized spacial score (nSPS) is 11.9. The number of nitrogens with two attached hydrogens (primary N) is 2. The second-order valence-electron chi connectivity index (χ2n) is 22.1. The lowest BCUT2D eigenvalue weighted by Gasteiger charge is -2.12. The fourth-order valence-corrected chi connectivity index (χ4v) is 13.2. The predicted molar refractivity (Wildman–Crippen MR) is 356 cm³/mol. The molecular weight excluding hydrogens is 1440 g/mol. The van der Waals surface area contributed by atoms with Gasteiger partial charge in [-0.3, -0.25) is 19.2 Å². The first-order valence-electron chi connectivity index (χ1n) is 29.0. The molecular formula is C62H56ClF11N16O10S2. The lowest BCUT2D eigenvalue weighted by atomic mass is 10.2. The van der Waals surface area contributed by atoms with Gasteiger partial charge in [0.1, 0.15) is 28.4 Å². The van der Waals surface area contributed by atoms with Gasteiger partial charge in [0, 0.05) is 126 Å². The van der Waals surface area contributed by atoms with E-state index in [4.69, 9.17) is 16.4 Å². The van der Waals surface area contributed by atoms with E-state index in [9.17, 15) is 94.4 Å². The van der Waals surface area contributed by atoms with Crippen LogP contribution in [-0.2, 0) is 47.3 Å². The maximum absolute atomic E-state index is 13.4. The van der Waals surface area contributed by atoms with Crippen LogP contribution in [0.15, 0.2) is 132 Å². The van der Waals surface area contributed by atoms with Crippen molar-refractivity contribution in [2.75, 3.05) is 27.0 Å². The van der Waals surface area contributed by atoms with Crippen LogP contribution in [0.1, 0.15) is 62.7 Å². The first kappa shape index (κ1) is 76.3. The molecule has 1 atom stereocenters. The first-order chi connectivity index (χ1) is 47.6. The van der Waals surface area contributed by atoms with Crippen LogP contribution in [0.4, 0.5) is 82.7 Å². The van der Waals surface area contributed by atoms with Crippen LogP contribution in [0.5, 0.6) is 0 Å². The number of nitrogens with one attached hydrogen (secondary N) is 9. The second kappa shape index (κ2) is 30.2. The maximum Gasteiger partial charge on any atom is 0.403 e. The standard InChI is InChI=1S/C17H18F2N4O3S.C14H10ClF2N3O3S.C14H10F2N4O3.C14H12F2N4O.C3H6F3N/c1-9(2)22-27(25,26)17-14-11(6-7-20-14)15(23(17)3)16(24)21-10-4-5-12(18)13(19)8-10;1-20-12(8-4-5-18-11(8)14(20)24(15,22)23)13(21)19-7-2-3-9(16)10(17)6-7;1-19-12(8-4-5-17-11(8)14(19)20(22)23)13(21)18-7-2-3-9(15)10(16)6-7;1-20-12(8-4-5-18-11(8)13(20)17)14(21)19-7-2-3-9(15)10(16)6-7;1-2(7)3(4,5)6/h4-9,20,22H,1-3H3,(H,21,24);2-6,18H,1H3,(H,19,21);2-6,17H,1H3,(H,18,21);2-6,18H,17H2,1H3,(H,19,21);2H,7H2,1H3/t;;;;2-/m....1/s1. The highest BCUT2D eigenvalue weighted by atomic mass is 35.7. The van der Waals surface area contributed by atoms with Crippen molar-refractivity contribution in [3.8, 4) is 0 Å². The Balaban J connectivity index is 0.000000168. The number of carbonyl (C=O) groups is 4. The molecule has 4 aromatic carbocycles. The summed E-state index contributed by atoms with van der Waals surface area (Å²) in [4.78, 5) is 71.7. The van der Waals surface area contributed by atoms with Crippen LogP contribution in [-0.4, -0.2) is 102 Å². The predicted octanol–water partition coefficient (Wildman–Crippen LogP) is 12.1. The Kier molecular flexibility index (Phi) is 22.6. The summed E-state index contributed by atoms with van der Waals surface area (Å²) in [6.07, 6.45) is 1.92. The lowest BCUT2D eigenvalue weighted by Crippen LogP contribution is -2.33. The number of hydrogen-bond donors (Lipinski definition) is 11. The van der Waals surface area contributed by atoms with Gasteiger partial charge in [-0.2, -0.15) is 13.2 Å². The van der Waals surface area contributed by atoms with Crippen molar-refractivity contribution >= 4 is 131 Å². The monoisotopic (exact) mass is 1490 g/mol. The van der Waals surface area contributed by atoms with Crippen molar-refractivity contribution in [1.29, 1.82) is 0 Å². The third kappa shape index (κ3) is 16.4. The summed E-state index contributed by atoms with van der Waals surface area (Å²) in [6, 6.07) is 16.2. The van der Waals surface area contributed by atoms with E-state index in [0.717, 1.165) is 64.6 Å². The molecule has 13 N–H and O–H groups in total. The number of amides is 4.